The van der Waals surface area contributed by atoms with E-state index in [0.29, 0.717) is 23.5 Å². The Bertz CT molecular complexity index is 799. The predicted molar refractivity (Wildman–Crippen MR) is 73.1 cm³/mol. The van der Waals surface area contributed by atoms with Crippen LogP contribution in [0.3, 0.4) is 0 Å². The number of carbonyl (C=O) groups is 1. The number of carboxylic acids is 1. The first-order valence-electron chi connectivity index (χ1n) is 6.56. The minimum atomic E-state index is -1.05. The van der Waals surface area contributed by atoms with E-state index in [1.54, 1.807) is 0 Å². The van der Waals surface area contributed by atoms with Gasteiger partial charge >= 0.3 is 17.1 Å². The van der Waals surface area contributed by atoms with Gasteiger partial charge in [0.2, 0.25) is 0 Å². The molecule has 1 fully saturated rings. The molecule has 0 amide bonds. The molecular formula is C14H14N2O4. The minimum Gasteiger partial charge on any atom is -0.478 e. The van der Waals surface area contributed by atoms with Crippen molar-refractivity contribution in [2.75, 3.05) is 0 Å². The van der Waals surface area contributed by atoms with E-state index < -0.39 is 17.1 Å². The summed E-state index contributed by atoms with van der Waals surface area (Å²) in [4.78, 5) is 37.2. The number of H-pyrrole nitrogens is 1. The smallest absolute Gasteiger partial charge is 0.335 e. The van der Waals surface area contributed by atoms with E-state index in [1.807, 2.05) is 0 Å². The number of fused-ring (bicyclic) bond motifs is 1. The third kappa shape index (κ3) is 2.03. The van der Waals surface area contributed by atoms with Crippen LogP contribution in [0.25, 0.3) is 11.0 Å². The molecule has 0 bridgehead atoms. The average Bonchev–Trinajstić information content (AvgIpc) is 2.36. The fourth-order valence-corrected chi connectivity index (χ4v) is 2.52. The molecule has 3 rings (SSSR count). The lowest BCUT2D eigenvalue weighted by atomic mass is 9.85. The van der Waals surface area contributed by atoms with E-state index in [4.69, 9.17) is 5.11 Å². The van der Waals surface area contributed by atoms with Crippen molar-refractivity contribution in [3.8, 4) is 0 Å². The zero-order chi connectivity index (χ0) is 14.3. The van der Waals surface area contributed by atoms with Gasteiger partial charge in [-0.1, -0.05) is 6.42 Å². The molecule has 0 radical (unpaired) electrons. The number of aromatic nitrogens is 2. The summed E-state index contributed by atoms with van der Waals surface area (Å²) < 4.78 is 1.41. The molecule has 2 aromatic rings. The normalized spacial score (nSPS) is 15.2. The van der Waals surface area contributed by atoms with Crippen LogP contribution >= 0.6 is 0 Å². The van der Waals surface area contributed by atoms with Gasteiger partial charge in [-0.05, 0) is 37.0 Å². The third-order valence-corrected chi connectivity index (χ3v) is 3.89. The van der Waals surface area contributed by atoms with E-state index in [0.717, 1.165) is 19.3 Å². The quantitative estimate of drug-likeness (QED) is 0.822. The van der Waals surface area contributed by atoms with Gasteiger partial charge in [0.1, 0.15) is 0 Å². The van der Waals surface area contributed by atoms with E-state index in [1.165, 1.54) is 22.8 Å². The van der Waals surface area contributed by atoms with Crippen molar-refractivity contribution in [1.82, 2.24) is 9.55 Å². The Morgan fingerprint density at radius 1 is 1.35 bits per heavy atom. The Morgan fingerprint density at radius 2 is 2.10 bits per heavy atom. The van der Waals surface area contributed by atoms with Crippen LogP contribution in [0.1, 0.15) is 29.6 Å². The maximum atomic E-state index is 12.0. The zero-order valence-electron chi connectivity index (χ0n) is 10.8. The number of rotatable bonds is 3. The fourth-order valence-electron chi connectivity index (χ4n) is 2.52. The van der Waals surface area contributed by atoms with Crippen LogP contribution in [-0.4, -0.2) is 20.6 Å². The molecule has 2 N–H and O–H groups in total. The number of aromatic carboxylic acids is 1. The molecule has 1 saturated carbocycles. The van der Waals surface area contributed by atoms with E-state index in [9.17, 15) is 14.4 Å². The molecule has 1 aromatic heterocycles. The van der Waals surface area contributed by atoms with Gasteiger partial charge in [0.15, 0.2) is 0 Å². The van der Waals surface area contributed by atoms with E-state index in [-0.39, 0.29) is 5.56 Å². The number of benzene rings is 1. The van der Waals surface area contributed by atoms with Gasteiger partial charge < -0.3 is 14.7 Å². The van der Waals surface area contributed by atoms with E-state index in [2.05, 4.69) is 4.98 Å². The summed E-state index contributed by atoms with van der Waals surface area (Å²) in [7, 11) is 0. The highest BCUT2D eigenvalue weighted by Crippen LogP contribution is 2.28. The molecule has 0 unspecified atom stereocenters. The van der Waals surface area contributed by atoms with Crippen molar-refractivity contribution < 1.29 is 9.90 Å². The van der Waals surface area contributed by atoms with Crippen LogP contribution in [0.5, 0.6) is 0 Å². The second-order valence-corrected chi connectivity index (χ2v) is 5.20. The lowest BCUT2D eigenvalue weighted by molar-refractivity contribution is 0.0697. The number of nitrogens with one attached hydrogen (secondary N) is 1. The molecule has 1 aliphatic carbocycles. The van der Waals surface area contributed by atoms with Gasteiger partial charge in [-0.15, -0.1) is 0 Å². The first-order valence-corrected chi connectivity index (χ1v) is 6.56. The molecule has 6 heteroatoms. The summed E-state index contributed by atoms with van der Waals surface area (Å²) in [6, 6.07) is 4.38. The second kappa shape index (κ2) is 4.63. The molecule has 0 saturated heterocycles. The van der Waals surface area contributed by atoms with Gasteiger partial charge in [0.05, 0.1) is 16.6 Å². The highest BCUT2D eigenvalue weighted by atomic mass is 16.4. The van der Waals surface area contributed by atoms with E-state index >= 15 is 0 Å². The Balaban J connectivity index is 2.23. The lowest BCUT2D eigenvalue weighted by Gasteiger charge is -2.26. The maximum absolute atomic E-state index is 12.0. The summed E-state index contributed by atoms with van der Waals surface area (Å²) in [6.45, 7) is 0.475. The summed E-state index contributed by atoms with van der Waals surface area (Å²) in [5.74, 6) is -0.660. The van der Waals surface area contributed by atoms with Crippen molar-refractivity contribution in [3.63, 3.8) is 0 Å². The Morgan fingerprint density at radius 3 is 2.70 bits per heavy atom. The summed E-state index contributed by atoms with van der Waals surface area (Å²) in [5, 5.41) is 9.04. The van der Waals surface area contributed by atoms with Crippen molar-refractivity contribution in [3.05, 3.63) is 44.5 Å². The standard InChI is InChI=1S/C14H14N2O4/c17-12-13(18)16(7-8-2-1-3-8)11-6-9(14(19)20)4-5-10(11)15-12/h4-6,8H,1-3,7H2,(H,15,17)(H,19,20). The van der Waals surface area contributed by atoms with Gasteiger partial charge in [0.25, 0.3) is 0 Å². The van der Waals surface area contributed by atoms with Crippen LogP contribution in [0.2, 0.25) is 0 Å². The van der Waals surface area contributed by atoms with Gasteiger partial charge in [-0.2, -0.15) is 0 Å². The molecule has 0 aliphatic heterocycles. The number of hydrogen-bond acceptors (Lipinski definition) is 3. The summed E-state index contributed by atoms with van der Waals surface area (Å²) in [5.41, 5.74) is -0.224. The lowest BCUT2D eigenvalue weighted by Crippen LogP contribution is -2.38. The molecule has 20 heavy (non-hydrogen) atoms. The number of nitrogens with zero attached hydrogens (tertiary/aromatic N) is 1. The highest BCUT2D eigenvalue weighted by Gasteiger charge is 2.20. The maximum Gasteiger partial charge on any atom is 0.335 e. The summed E-state index contributed by atoms with van der Waals surface area (Å²) in [6.07, 6.45) is 3.22. The first-order chi connectivity index (χ1) is 9.56. The monoisotopic (exact) mass is 274 g/mol. The first kappa shape index (κ1) is 12.7. The molecule has 1 aliphatic rings. The van der Waals surface area contributed by atoms with Crippen molar-refractivity contribution in [2.45, 2.75) is 25.8 Å². The van der Waals surface area contributed by atoms with Gasteiger partial charge in [-0.25, -0.2) is 4.79 Å². The van der Waals surface area contributed by atoms with Crippen LogP contribution < -0.4 is 11.1 Å². The Hall–Kier alpha value is -2.37. The third-order valence-electron chi connectivity index (χ3n) is 3.89. The van der Waals surface area contributed by atoms with Gasteiger partial charge in [0, 0.05) is 6.54 Å². The molecule has 0 atom stereocenters. The molecule has 6 nitrogen and oxygen atoms in total. The summed E-state index contributed by atoms with van der Waals surface area (Å²) >= 11 is 0. The minimum absolute atomic E-state index is 0.103. The zero-order valence-corrected chi connectivity index (χ0v) is 10.8. The average molecular weight is 274 g/mol. The fraction of sp³-hybridized carbons (Fsp3) is 0.357. The molecule has 1 heterocycles. The largest absolute Gasteiger partial charge is 0.478 e. The number of carboxylic acid groups (broad SMARTS) is 1. The Kier molecular flexibility index (Phi) is 2.93. The SMILES string of the molecule is O=C(O)c1ccc2[nH]c(=O)c(=O)n(CC3CCC3)c2c1. The number of hydrogen-bond donors (Lipinski definition) is 2. The Labute approximate surface area is 113 Å². The molecule has 0 spiro atoms. The van der Waals surface area contributed by atoms with Crippen molar-refractivity contribution in [1.29, 1.82) is 0 Å². The van der Waals surface area contributed by atoms with Crippen LogP contribution in [-0.2, 0) is 6.54 Å². The molecule has 1 aromatic carbocycles. The van der Waals surface area contributed by atoms with Crippen molar-refractivity contribution >= 4 is 17.0 Å². The topological polar surface area (TPSA) is 92.2 Å². The van der Waals surface area contributed by atoms with Crippen LogP contribution in [0.4, 0.5) is 0 Å². The van der Waals surface area contributed by atoms with Gasteiger partial charge in [-0.3, -0.25) is 9.59 Å². The number of aromatic amines is 1. The molecular weight excluding hydrogens is 260 g/mol. The van der Waals surface area contributed by atoms with Crippen LogP contribution in [0.15, 0.2) is 27.8 Å². The predicted octanol–water partition coefficient (Wildman–Crippen LogP) is 1.19. The highest BCUT2D eigenvalue weighted by molar-refractivity contribution is 5.92. The van der Waals surface area contributed by atoms with Crippen LogP contribution in [0, 0.1) is 5.92 Å². The second-order valence-electron chi connectivity index (χ2n) is 5.20. The van der Waals surface area contributed by atoms with Crippen molar-refractivity contribution in [2.24, 2.45) is 5.92 Å². The molecule has 104 valence electrons.